The SMILES string of the molecule is COC(=O)C(NCc1nc(C2CC2)no1)C(C)C. The van der Waals surface area contributed by atoms with Crippen molar-refractivity contribution < 1.29 is 14.1 Å². The maximum absolute atomic E-state index is 11.5. The summed E-state index contributed by atoms with van der Waals surface area (Å²) in [7, 11) is 1.39. The van der Waals surface area contributed by atoms with Crippen LogP contribution in [-0.2, 0) is 16.1 Å². The molecule has 6 nitrogen and oxygen atoms in total. The summed E-state index contributed by atoms with van der Waals surface area (Å²) in [6, 6.07) is -0.355. The number of nitrogens with one attached hydrogen (secondary N) is 1. The van der Waals surface area contributed by atoms with Gasteiger partial charge in [0.25, 0.3) is 0 Å². The summed E-state index contributed by atoms with van der Waals surface area (Å²) < 4.78 is 9.88. The standard InChI is InChI=1S/C12H19N3O3/c1-7(2)10(12(16)17-3)13-6-9-14-11(15-18-9)8-4-5-8/h7-8,10,13H,4-6H2,1-3H3. The van der Waals surface area contributed by atoms with Gasteiger partial charge in [-0.3, -0.25) is 10.1 Å². The van der Waals surface area contributed by atoms with Crippen molar-refractivity contribution in [3.05, 3.63) is 11.7 Å². The Bertz CT molecular complexity index is 412. The molecule has 1 aliphatic rings. The number of carbonyl (C=O) groups is 1. The normalized spacial score (nSPS) is 16.9. The van der Waals surface area contributed by atoms with Gasteiger partial charge >= 0.3 is 5.97 Å². The number of esters is 1. The second-order valence-electron chi connectivity index (χ2n) is 4.95. The van der Waals surface area contributed by atoms with Gasteiger partial charge in [0.1, 0.15) is 6.04 Å². The predicted octanol–water partition coefficient (Wildman–Crippen LogP) is 1.23. The number of nitrogens with zero attached hydrogens (tertiary/aromatic N) is 2. The van der Waals surface area contributed by atoms with Crippen LogP contribution in [0.15, 0.2) is 4.52 Å². The van der Waals surface area contributed by atoms with Crippen LogP contribution < -0.4 is 5.32 Å². The van der Waals surface area contributed by atoms with Gasteiger partial charge in [-0.05, 0) is 18.8 Å². The molecular formula is C12H19N3O3. The molecule has 1 heterocycles. The van der Waals surface area contributed by atoms with E-state index in [1.807, 2.05) is 13.8 Å². The molecule has 0 aliphatic heterocycles. The van der Waals surface area contributed by atoms with E-state index in [1.165, 1.54) is 7.11 Å². The summed E-state index contributed by atoms with van der Waals surface area (Å²) in [5.41, 5.74) is 0. The van der Waals surface area contributed by atoms with Crippen LogP contribution in [-0.4, -0.2) is 29.3 Å². The smallest absolute Gasteiger partial charge is 0.323 e. The van der Waals surface area contributed by atoms with Crippen molar-refractivity contribution in [2.75, 3.05) is 7.11 Å². The van der Waals surface area contributed by atoms with E-state index in [4.69, 9.17) is 9.26 Å². The molecule has 0 amide bonds. The first-order valence-corrected chi connectivity index (χ1v) is 6.25. The molecule has 6 heteroatoms. The van der Waals surface area contributed by atoms with Gasteiger partial charge in [-0.15, -0.1) is 0 Å². The molecule has 0 spiro atoms. The van der Waals surface area contributed by atoms with Gasteiger partial charge in [-0.1, -0.05) is 19.0 Å². The van der Waals surface area contributed by atoms with Crippen molar-refractivity contribution in [3.63, 3.8) is 0 Å². The topological polar surface area (TPSA) is 77.2 Å². The van der Waals surface area contributed by atoms with Crippen LogP contribution in [0.2, 0.25) is 0 Å². The molecule has 1 aliphatic carbocycles. The van der Waals surface area contributed by atoms with Crippen molar-refractivity contribution >= 4 is 5.97 Å². The Hall–Kier alpha value is -1.43. The molecule has 1 atom stereocenters. The largest absolute Gasteiger partial charge is 0.468 e. The highest BCUT2D eigenvalue weighted by atomic mass is 16.5. The van der Waals surface area contributed by atoms with E-state index >= 15 is 0 Å². The van der Waals surface area contributed by atoms with Crippen LogP contribution in [0.3, 0.4) is 0 Å². The van der Waals surface area contributed by atoms with E-state index < -0.39 is 0 Å². The molecule has 1 aromatic heterocycles. The Morgan fingerprint density at radius 3 is 2.83 bits per heavy atom. The fourth-order valence-electron chi connectivity index (χ4n) is 1.76. The summed E-state index contributed by atoms with van der Waals surface area (Å²) in [6.07, 6.45) is 2.28. The van der Waals surface area contributed by atoms with Gasteiger partial charge in [-0.2, -0.15) is 4.98 Å². The number of ether oxygens (including phenoxy) is 1. The van der Waals surface area contributed by atoms with Crippen LogP contribution in [0.5, 0.6) is 0 Å². The van der Waals surface area contributed by atoms with Crippen LogP contribution in [0, 0.1) is 5.92 Å². The molecule has 0 saturated heterocycles. The van der Waals surface area contributed by atoms with Crippen LogP contribution in [0.25, 0.3) is 0 Å². The second-order valence-corrected chi connectivity index (χ2v) is 4.95. The maximum atomic E-state index is 11.5. The number of hydrogen-bond donors (Lipinski definition) is 1. The van der Waals surface area contributed by atoms with E-state index in [-0.39, 0.29) is 17.9 Å². The van der Waals surface area contributed by atoms with Crippen LogP contribution in [0.1, 0.15) is 44.3 Å². The van der Waals surface area contributed by atoms with Gasteiger partial charge in [0.15, 0.2) is 5.82 Å². The second kappa shape index (κ2) is 5.48. The monoisotopic (exact) mass is 253 g/mol. The van der Waals surface area contributed by atoms with Crippen LogP contribution >= 0.6 is 0 Å². The fourth-order valence-corrected chi connectivity index (χ4v) is 1.76. The molecule has 0 aromatic carbocycles. The lowest BCUT2D eigenvalue weighted by molar-refractivity contribution is -0.144. The third-order valence-electron chi connectivity index (χ3n) is 3.02. The Balaban J connectivity index is 1.89. The summed E-state index contributed by atoms with van der Waals surface area (Å²) in [5, 5.41) is 7.01. The zero-order valence-electron chi connectivity index (χ0n) is 11.0. The quantitative estimate of drug-likeness (QED) is 0.768. The minimum atomic E-state index is -0.355. The molecule has 0 bridgehead atoms. The van der Waals surface area contributed by atoms with Gasteiger partial charge in [0.2, 0.25) is 5.89 Å². The zero-order valence-corrected chi connectivity index (χ0v) is 11.0. The first kappa shape index (κ1) is 13.0. The van der Waals surface area contributed by atoms with Gasteiger partial charge in [0.05, 0.1) is 13.7 Å². The van der Waals surface area contributed by atoms with Gasteiger partial charge < -0.3 is 9.26 Å². The lowest BCUT2D eigenvalue weighted by Crippen LogP contribution is -2.41. The molecular weight excluding hydrogens is 234 g/mol. The van der Waals surface area contributed by atoms with Crippen molar-refractivity contribution in [1.82, 2.24) is 15.5 Å². The molecule has 100 valence electrons. The highest BCUT2D eigenvalue weighted by Crippen LogP contribution is 2.38. The van der Waals surface area contributed by atoms with E-state index in [9.17, 15) is 4.79 Å². The van der Waals surface area contributed by atoms with E-state index in [2.05, 4.69) is 15.5 Å². The van der Waals surface area contributed by atoms with E-state index in [0.717, 1.165) is 18.7 Å². The Morgan fingerprint density at radius 1 is 1.56 bits per heavy atom. The molecule has 1 fully saturated rings. The minimum Gasteiger partial charge on any atom is -0.468 e. The molecule has 1 aromatic rings. The molecule has 0 radical (unpaired) electrons. The summed E-state index contributed by atoms with van der Waals surface area (Å²) in [4.78, 5) is 15.8. The fraction of sp³-hybridized carbons (Fsp3) is 0.750. The Labute approximate surface area is 106 Å². The van der Waals surface area contributed by atoms with Gasteiger partial charge in [-0.25, -0.2) is 0 Å². The number of hydrogen-bond acceptors (Lipinski definition) is 6. The highest BCUT2D eigenvalue weighted by molar-refractivity contribution is 5.75. The number of rotatable bonds is 6. The lowest BCUT2D eigenvalue weighted by Gasteiger charge is -2.18. The Kier molecular flexibility index (Phi) is 3.96. The summed E-state index contributed by atoms with van der Waals surface area (Å²) in [6.45, 7) is 4.30. The van der Waals surface area contributed by atoms with E-state index in [0.29, 0.717) is 18.4 Å². The van der Waals surface area contributed by atoms with Gasteiger partial charge in [0, 0.05) is 5.92 Å². The maximum Gasteiger partial charge on any atom is 0.323 e. The number of aromatic nitrogens is 2. The van der Waals surface area contributed by atoms with Crippen molar-refractivity contribution in [2.45, 2.75) is 45.2 Å². The molecule has 18 heavy (non-hydrogen) atoms. The molecule has 1 saturated carbocycles. The van der Waals surface area contributed by atoms with Crippen molar-refractivity contribution in [3.8, 4) is 0 Å². The van der Waals surface area contributed by atoms with Crippen LogP contribution in [0.4, 0.5) is 0 Å². The molecule has 1 unspecified atom stereocenters. The predicted molar refractivity (Wildman–Crippen MR) is 63.8 cm³/mol. The average Bonchev–Trinajstić information content (AvgIpc) is 3.09. The number of carbonyl (C=O) groups excluding carboxylic acids is 1. The molecule has 1 N–H and O–H groups in total. The number of methoxy groups -OCH3 is 1. The van der Waals surface area contributed by atoms with Crippen molar-refractivity contribution in [2.24, 2.45) is 5.92 Å². The summed E-state index contributed by atoms with van der Waals surface area (Å²) in [5.74, 6) is 1.65. The lowest BCUT2D eigenvalue weighted by atomic mass is 10.1. The first-order chi connectivity index (χ1) is 8.61. The third kappa shape index (κ3) is 3.07. The Morgan fingerprint density at radius 2 is 2.28 bits per heavy atom. The van der Waals surface area contributed by atoms with Crippen molar-refractivity contribution in [1.29, 1.82) is 0 Å². The first-order valence-electron chi connectivity index (χ1n) is 6.25. The average molecular weight is 253 g/mol. The summed E-state index contributed by atoms with van der Waals surface area (Å²) >= 11 is 0. The highest BCUT2D eigenvalue weighted by Gasteiger charge is 2.29. The third-order valence-corrected chi connectivity index (χ3v) is 3.02. The minimum absolute atomic E-state index is 0.142. The van der Waals surface area contributed by atoms with E-state index in [1.54, 1.807) is 0 Å². The zero-order chi connectivity index (χ0) is 13.1. The molecule has 2 rings (SSSR count).